The smallest absolute Gasteiger partial charge is 0.280 e. The predicted molar refractivity (Wildman–Crippen MR) is 139 cm³/mol. The highest BCUT2D eigenvalue weighted by molar-refractivity contribution is 5.98. The predicted octanol–water partition coefficient (Wildman–Crippen LogP) is 3.88. The number of H-pyrrole nitrogens is 1. The van der Waals surface area contributed by atoms with E-state index in [1.165, 1.54) is 12.0 Å². The fourth-order valence-electron chi connectivity index (χ4n) is 5.01. The zero-order chi connectivity index (χ0) is 28.3. The maximum Gasteiger partial charge on any atom is 0.280 e. The second-order valence-electron chi connectivity index (χ2n) is 10.0. The van der Waals surface area contributed by atoms with E-state index in [2.05, 4.69) is 10.5 Å². The minimum absolute atomic E-state index is 0.0888. The summed E-state index contributed by atoms with van der Waals surface area (Å²) in [6, 6.07) is 7.40. The van der Waals surface area contributed by atoms with E-state index < -0.39 is 40.5 Å². The van der Waals surface area contributed by atoms with Gasteiger partial charge in [-0.05, 0) is 48.7 Å². The maximum atomic E-state index is 15.1. The van der Waals surface area contributed by atoms with Gasteiger partial charge in [0.15, 0.2) is 0 Å². The molecule has 2 heterocycles. The number of benzene rings is 2. The zero-order valence-electron chi connectivity index (χ0n) is 22.2. The Morgan fingerprint density at radius 1 is 1.18 bits per heavy atom. The number of methoxy groups -OCH3 is 1. The van der Waals surface area contributed by atoms with Gasteiger partial charge in [0.05, 0.1) is 19.6 Å². The van der Waals surface area contributed by atoms with Gasteiger partial charge in [-0.1, -0.05) is 19.9 Å². The Balaban J connectivity index is 1.67. The summed E-state index contributed by atoms with van der Waals surface area (Å²) in [7, 11) is 1.45. The zero-order valence-corrected chi connectivity index (χ0v) is 22.2. The molecule has 208 valence electrons. The van der Waals surface area contributed by atoms with E-state index in [0.29, 0.717) is 24.3 Å². The number of rotatable bonds is 9. The van der Waals surface area contributed by atoms with E-state index in [0.717, 1.165) is 23.8 Å². The summed E-state index contributed by atoms with van der Waals surface area (Å²) in [5, 5.41) is 4.72. The molecule has 2 amide bonds. The van der Waals surface area contributed by atoms with Gasteiger partial charge in [-0.3, -0.25) is 14.4 Å². The lowest BCUT2D eigenvalue weighted by Crippen LogP contribution is -2.46. The normalized spacial score (nSPS) is 15.1. The molecule has 0 saturated heterocycles. The van der Waals surface area contributed by atoms with Gasteiger partial charge in [0.2, 0.25) is 5.91 Å². The SMILES string of the molecule is CCOc1ccc2c(c1)CCN(C(=O)Cc1cc(=O)[nH]o1)C2C(=O)Nc1cc(F)c(C(C)(C)COC)c(F)c1. The maximum absolute atomic E-state index is 15.1. The van der Waals surface area contributed by atoms with Gasteiger partial charge < -0.3 is 24.2 Å². The van der Waals surface area contributed by atoms with Crippen LogP contribution in [-0.4, -0.2) is 48.7 Å². The number of anilines is 1. The number of hydrogen-bond donors (Lipinski definition) is 2. The third-order valence-corrected chi connectivity index (χ3v) is 6.61. The molecule has 1 unspecified atom stereocenters. The van der Waals surface area contributed by atoms with Gasteiger partial charge in [0, 0.05) is 36.4 Å². The van der Waals surface area contributed by atoms with E-state index in [1.54, 1.807) is 26.0 Å². The number of hydrogen-bond acceptors (Lipinski definition) is 6. The van der Waals surface area contributed by atoms with Crippen LogP contribution in [-0.2, 0) is 32.6 Å². The average Bonchev–Trinajstić information content (AvgIpc) is 3.26. The number of aromatic nitrogens is 1. The molecule has 2 aromatic carbocycles. The Labute approximate surface area is 224 Å². The van der Waals surface area contributed by atoms with Gasteiger partial charge >= 0.3 is 0 Å². The Bertz CT molecular complexity index is 1410. The molecule has 0 aliphatic carbocycles. The van der Waals surface area contributed by atoms with Crippen LogP contribution in [0.15, 0.2) is 45.7 Å². The Morgan fingerprint density at radius 3 is 2.51 bits per heavy atom. The summed E-state index contributed by atoms with van der Waals surface area (Å²) in [4.78, 5) is 39.7. The molecular formula is C28H31F2N3O6. The average molecular weight is 544 g/mol. The van der Waals surface area contributed by atoms with Gasteiger partial charge in [-0.25, -0.2) is 8.78 Å². The summed E-state index contributed by atoms with van der Waals surface area (Å²) in [6.45, 7) is 5.91. The van der Waals surface area contributed by atoms with E-state index in [4.69, 9.17) is 14.0 Å². The lowest BCUT2D eigenvalue weighted by Gasteiger charge is -2.36. The summed E-state index contributed by atoms with van der Waals surface area (Å²) in [6.07, 6.45) is 0.205. The first kappa shape index (κ1) is 28.0. The minimum atomic E-state index is -1.10. The molecule has 0 bridgehead atoms. The lowest BCUT2D eigenvalue weighted by atomic mass is 9.84. The number of carbonyl (C=O) groups is 2. The van der Waals surface area contributed by atoms with Crippen LogP contribution < -0.4 is 15.6 Å². The van der Waals surface area contributed by atoms with Crippen molar-refractivity contribution in [2.24, 2.45) is 0 Å². The first-order chi connectivity index (χ1) is 18.5. The monoisotopic (exact) mass is 543 g/mol. The number of ether oxygens (including phenoxy) is 2. The van der Waals surface area contributed by atoms with Gasteiger partial charge in [-0.15, -0.1) is 0 Å². The van der Waals surface area contributed by atoms with E-state index >= 15 is 8.78 Å². The molecule has 4 rings (SSSR count). The first-order valence-electron chi connectivity index (χ1n) is 12.6. The van der Waals surface area contributed by atoms with Crippen LogP contribution in [0, 0.1) is 11.6 Å². The van der Waals surface area contributed by atoms with Gasteiger partial charge in [0.1, 0.15) is 29.2 Å². The largest absolute Gasteiger partial charge is 0.494 e. The molecular weight excluding hydrogens is 512 g/mol. The number of nitrogens with zero attached hydrogens (tertiary/aromatic N) is 1. The standard InChI is InChI=1S/C28H31F2N3O6/c1-5-38-18-6-7-20-16(10-18)8-9-33(24(35)14-19-13-23(34)32-39-19)26(20)27(36)31-17-11-21(29)25(22(30)12-17)28(2,3)15-37-4/h6-7,10-13,26H,5,8-9,14-15H2,1-4H3,(H,31,36)(H,32,34). The van der Waals surface area contributed by atoms with Crippen LogP contribution in [0.3, 0.4) is 0 Å². The van der Waals surface area contributed by atoms with Crippen LogP contribution in [0.1, 0.15) is 49.3 Å². The third-order valence-electron chi connectivity index (χ3n) is 6.61. The second kappa shape index (κ2) is 11.4. The summed E-state index contributed by atoms with van der Waals surface area (Å²) < 4.78 is 45.8. The van der Waals surface area contributed by atoms with E-state index in [1.807, 2.05) is 13.0 Å². The Hall–Kier alpha value is -3.99. The molecule has 0 radical (unpaired) electrons. The first-order valence-corrected chi connectivity index (χ1v) is 12.6. The van der Waals surface area contributed by atoms with Crippen molar-refractivity contribution in [1.82, 2.24) is 10.1 Å². The molecule has 39 heavy (non-hydrogen) atoms. The van der Waals surface area contributed by atoms with Crippen molar-refractivity contribution >= 4 is 17.5 Å². The topological polar surface area (TPSA) is 114 Å². The number of fused-ring (bicyclic) bond motifs is 1. The highest BCUT2D eigenvalue weighted by Crippen LogP contribution is 2.35. The Morgan fingerprint density at radius 2 is 1.90 bits per heavy atom. The molecule has 11 heteroatoms. The molecule has 0 fully saturated rings. The van der Waals surface area contributed by atoms with Crippen molar-refractivity contribution in [1.29, 1.82) is 0 Å². The summed E-state index contributed by atoms with van der Waals surface area (Å²) >= 11 is 0. The third kappa shape index (κ3) is 6.03. The molecule has 1 aromatic heterocycles. The molecule has 1 atom stereocenters. The number of nitrogens with one attached hydrogen (secondary N) is 2. The Kier molecular flexibility index (Phi) is 8.19. The number of carbonyl (C=O) groups excluding carboxylic acids is 2. The van der Waals surface area contributed by atoms with Crippen molar-refractivity contribution in [2.75, 3.05) is 32.2 Å². The highest BCUT2D eigenvalue weighted by atomic mass is 19.1. The van der Waals surface area contributed by atoms with Crippen molar-refractivity contribution in [3.8, 4) is 5.75 Å². The van der Waals surface area contributed by atoms with Gasteiger partial charge in [-0.2, -0.15) is 5.16 Å². The quantitative estimate of drug-likeness (QED) is 0.424. The molecule has 1 aliphatic heterocycles. The van der Waals surface area contributed by atoms with Crippen molar-refractivity contribution in [3.05, 3.63) is 80.8 Å². The summed E-state index contributed by atoms with van der Waals surface area (Å²) in [5.41, 5.74) is -0.298. The molecule has 0 saturated carbocycles. The minimum Gasteiger partial charge on any atom is -0.494 e. The highest BCUT2D eigenvalue weighted by Gasteiger charge is 2.37. The van der Waals surface area contributed by atoms with Crippen LogP contribution in [0.4, 0.5) is 14.5 Å². The van der Waals surface area contributed by atoms with Crippen LogP contribution in [0.2, 0.25) is 0 Å². The fraction of sp³-hybridized carbons (Fsp3) is 0.393. The van der Waals surface area contributed by atoms with E-state index in [9.17, 15) is 14.4 Å². The van der Waals surface area contributed by atoms with Crippen molar-refractivity contribution in [3.63, 3.8) is 0 Å². The number of halogens is 2. The molecule has 3 aromatic rings. The van der Waals surface area contributed by atoms with Crippen LogP contribution >= 0.6 is 0 Å². The van der Waals surface area contributed by atoms with Crippen LogP contribution in [0.5, 0.6) is 5.75 Å². The molecule has 0 spiro atoms. The van der Waals surface area contributed by atoms with Crippen LogP contribution in [0.25, 0.3) is 0 Å². The summed E-state index contributed by atoms with van der Waals surface area (Å²) in [5.74, 6) is -2.00. The van der Waals surface area contributed by atoms with Crippen molar-refractivity contribution < 1.29 is 32.4 Å². The molecule has 1 aliphatic rings. The number of aromatic amines is 1. The fourth-order valence-corrected chi connectivity index (χ4v) is 5.01. The van der Waals surface area contributed by atoms with E-state index in [-0.39, 0.29) is 36.6 Å². The molecule has 2 N–H and O–H groups in total. The van der Waals surface area contributed by atoms with Crippen molar-refractivity contribution in [2.45, 2.75) is 45.1 Å². The number of amides is 2. The molecule has 9 nitrogen and oxygen atoms in total. The van der Waals surface area contributed by atoms with Gasteiger partial charge in [0.25, 0.3) is 11.5 Å². The lowest BCUT2D eigenvalue weighted by molar-refractivity contribution is -0.139. The second-order valence-corrected chi connectivity index (χ2v) is 10.0.